The van der Waals surface area contributed by atoms with Gasteiger partial charge < -0.3 is 0 Å². The summed E-state index contributed by atoms with van der Waals surface area (Å²) in [6.07, 6.45) is 8.07. The Kier molecular flexibility index (Phi) is 2.19. The van der Waals surface area contributed by atoms with Crippen molar-refractivity contribution in [2.45, 2.75) is 0 Å². The number of nitrogens with zero attached hydrogens (tertiary/aromatic N) is 4. The van der Waals surface area contributed by atoms with E-state index in [4.69, 9.17) is 10.2 Å². The lowest BCUT2D eigenvalue weighted by atomic mass is 10.0. The third-order valence-corrected chi connectivity index (χ3v) is 4.03. The topological polar surface area (TPSA) is 31.2 Å². The number of benzene rings is 2. The summed E-state index contributed by atoms with van der Waals surface area (Å²) >= 11 is 0. The van der Waals surface area contributed by atoms with E-state index >= 15 is 0 Å². The van der Waals surface area contributed by atoms with E-state index in [1.54, 1.807) is 0 Å². The van der Waals surface area contributed by atoms with Gasteiger partial charge in [0.1, 0.15) is 0 Å². The van der Waals surface area contributed by atoms with Crippen molar-refractivity contribution in [2.75, 3.05) is 0 Å². The Hall–Kier alpha value is -3.14. The van der Waals surface area contributed by atoms with E-state index in [1.807, 2.05) is 46.7 Å². The Labute approximate surface area is 128 Å². The van der Waals surface area contributed by atoms with Gasteiger partial charge in [-0.2, -0.15) is 0 Å². The second-order valence-electron chi connectivity index (χ2n) is 5.34. The first kappa shape index (κ1) is 11.5. The molecule has 0 spiro atoms. The lowest BCUT2D eigenvalue weighted by Crippen LogP contribution is -2.38. The summed E-state index contributed by atoms with van der Waals surface area (Å²) in [5.74, 6) is 1.71. The van der Waals surface area contributed by atoms with Crippen molar-refractivity contribution in [3.63, 3.8) is 0 Å². The SMILES string of the molecule is C1=CN2N=C3c4ccccc4C=CN3N=C2c2ccccc21. The zero-order valence-electron chi connectivity index (χ0n) is 11.7. The van der Waals surface area contributed by atoms with Crippen LogP contribution >= 0.6 is 0 Å². The highest BCUT2D eigenvalue weighted by Crippen LogP contribution is 2.28. The fraction of sp³-hybridized carbons (Fsp3) is 0. The minimum Gasteiger partial charge on any atom is -0.218 e. The molecule has 3 aliphatic heterocycles. The Bertz CT molecular complexity index is 829. The van der Waals surface area contributed by atoms with E-state index in [0.29, 0.717) is 0 Å². The van der Waals surface area contributed by atoms with Gasteiger partial charge in [0.25, 0.3) is 0 Å². The third kappa shape index (κ3) is 1.52. The molecule has 0 N–H and O–H groups in total. The molecule has 0 saturated heterocycles. The average molecular weight is 284 g/mol. The molecule has 0 atom stereocenters. The van der Waals surface area contributed by atoms with Crippen LogP contribution in [0.3, 0.4) is 0 Å². The quantitative estimate of drug-likeness (QED) is 0.743. The second-order valence-corrected chi connectivity index (χ2v) is 5.34. The molecule has 3 aliphatic rings. The molecule has 0 unspecified atom stereocenters. The van der Waals surface area contributed by atoms with Crippen LogP contribution in [0, 0.1) is 0 Å². The van der Waals surface area contributed by atoms with Gasteiger partial charge in [0.15, 0.2) is 11.7 Å². The fourth-order valence-electron chi connectivity index (χ4n) is 2.95. The van der Waals surface area contributed by atoms with E-state index in [2.05, 4.69) is 36.4 Å². The van der Waals surface area contributed by atoms with Gasteiger partial charge >= 0.3 is 0 Å². The van der Waals surface area contributed by atoms with Crippen LogP contribution in [0.1, 0.15) is 22.3 Å². The third-order valence-electron chi connectivity index (χ3n) is 4.03. The van der Waals surface area contributed by atoms with Gasteiger partial charge in [-0.15, -0.1) is 10.2 Å². The van der Waals surface area contributed by atoms with Crippen LogP contribution in [-0.4, -0.2) is 21.7 Å². The molecule has 2 aromatic carbocycles. The van der Waals surface area contributed by atoms with Gasteiger partial charge in [-0.3, -0.25) is 0 Å². The van der Waals surface area contributed by atoms with Gasteiger partial charge in [0, 0.05) is 23.5 Å². The largest absolute Gasteiger partial charge is 0.218 e. The fourth-order valence-corrected chi connectivity index (χ4v) is 2.95. The minimum atomic E-state index is 0.853. The highest BCUT2D eigenvalue weighted by Gasteiger charge is 2.28. The molecule has 0 radical (unpaired) electrons. The van der Waals surface area contributed by atoms with Crippen LogP contribution in [0.2, 0.25) is 0 Å². The van der Waals surface area contributed by atoms with Crippen LogP contribution < -0.4 is 0 Å². The molecule has 2 aromatic rings. The number of hydrazone groups is 2. The standard InChI is InChI=1S/C18H12N4/c1-3-7-15-13(5-1)9-11-21-17(15)19-22-12-10-14-6-2-4-8-16(14)18(22)20-21/h1-12H. The maximum Gasteiger partial charge on any atom is 0.181 e. The summed E-state index contributed by atoms with van der Waals surface area (Å²) in [6.45, 7) is 0. The smallest absolute Gasteiger partial charge is 0.181 e. The molecular weight excluding hydrogens is 272 g/mol. The lowest BCUT2D eigenvalue weighted by molar-refractivity contribution is 0.489. The van der Waals surface area contributed by atoms with Crippen LogP contribution in [0.15, 0.2) is 71.1 Å². The molecule has 0 amide bonds. The van der Waals surface area contributed by atoms with Gasteiger partial charge in [-0.1, -0.05) is 48.5 Å². The summed E-state index contributed by atoms with van der Waals surface area (Å²) in [5, 5.41) is 13.2. The normalized spacial score (nSPS) is 17.1. The Balaban J connectivity index is 1.69. The molecule has 0 fully saturated rings. The summed E-state index contributed by atoms with van der Waals surface area (Å²) in [6, 6.07) is 16.5. The molecule has 0 aromatic heterocycles. The Morgan fingerprint density at radius 2 is 1.05 bits per heavy atom. The minimum absolute atomic E-state index is 0.853. The molecule has 4 heteroatoms. The van der Waals surface area contributed by atoms with E-state index in [0.717, 1.165) is 33.9 Å². The summed E-state index contributed by atoms with van der Waals surface area (Å²) < 4.78 is 0. The van der Waals surface area contributed by atoms with E-state index in [9.17, 15) is 0 Å². The van der Waals surface area contributed by atoms with E-state index in [-0.39, 0.29) is 0 Å². The number of fused-ring (bicyclic) bond motifs is 6. The first-order chi connectivity index (χ1) is 10.9. The zero-order valence-corrected chi connectivity index (χ0v) is 11.7. The molecule has 5 rings (SSSR count). The Morgan fingerprint density at radius 1 is 0.591 bits per heavy atom. The van der Waals surface area contributed by atoms with Crippen molar-refractivity contribution in [3.8, 4) is 0 Å². The summed E-state index contributed by atoms with van der Waals surface area (Å²) in [4.78, 5) is 0. The van der Waals surface area contributed by atoms with E-state index in [1.165, 1.54) is 0 Å². The van der Waals surface area contributed by atoms with Crippen molar-refractivity contribution >= 4 is 23.8 Å². The van der Waals surface area contributed by atoms with Gasteiger partial charge in [0.05, 0.1) is 0 Å². The van der Waals surface area contributed by atoms with Crippen molar-refractivity contribution in [3.05, 3.63) is 83.2 Å². The molecule has 4 nitrogen and oxygen atoms in total. The van der Waals surface area contributed by atoms with Crippen molar-refractivity contribution in [1.29, 1.82) is 0 Å². The molecule has 0 bridgehead atoms. The predicted octanol–water partition coefficient (Wildman–Crippen LogP) is 3.30. The average Bonchev–Trinajstić information content (AvgIpc) is 2.60. The van der Waals surface area contributed by atoms with Crippen molar-refractivity contribution in [2.24, 2.45) is 10.2 Å². The predicted molar refractivity (Wildman–Crippen MR) is 87.7 cm³/mol. The number of hydrogen-bond donors (Lipinski definition) is 0. The number of amidine groups is 2. The van der Waals surface area contributed by atoms with E-state index < -0.39 is 0 Å². The number of rotatable bonds is 0. The molecule has 104 valence electrons. The van der Waals surface area contributed by atoms with Crippen molar-refractivity contribution < 1.29 is 0 Å². The highest BCUT2D eigenvalue weighted by molar-refractivity contribution is 6.11. The summed E-state index contributed by atoms with van der Waals surface area (Å²) in [7, 11) is 0. The number of hydrogen-bond acceptors (Lipinski definition) is 4. The maximum absolute atomic E-state index is 4.77. The van der Waals surface area contributed by atoms with Crippen LogP contribution in [-0.2, 0) is 0 Å². The lowest BCUT2D eigenvalue weighted by Gasteiger charge is -2.33. The van der Waals surface area contributed by atoms with Crippen molar-refractivity contribution in [1.82, 2.24) is 10.0 Å². The molecule has 0 aliphatic carbocycles. The first-order valence-corrected chi connectivity index (χ1v) is 7.21. The maximum atomic E-state index is 4.77. The van der Waals surface area contributed by atoms with Gasteiger partial charge in [0.2, 0.25) is 0 Å². The molecular formula is C18H12N4. The molecule has 0 saturated carbocycles. The van der Waals surface area contributed by atoms with Crippen LogP contribution in [0.5, 0.6) is 0 Å². The Morgan fingerprint density at radius 3 is 1.55 bits per heavy atom. The summed E-state index contributed by atoms with van der Waals surface area (Å²) in [5.41, 5.74) is 4.52. The monoisotopic (exact) mass is 284 g/mol. The van der Waals surface area contributed by atoms with Crippen LogP contribution in [0.4, 0.5) is 0 Å². The van der Waals surface area contributed by atoms with Gasteiger partial charge in [-0.25, -0.2) is 10.0 Å². The second kappa shape index (κ2) is 4.18. The van der Waals surface area contributed by atoms with Gasteiger partial charge in [-0.05, 0) is 23.3 Å². The molecule has 22 heavy (non-hydrogen) atoms. The van der Waals surface area contributed by atoms with Crippen LogP contribution in [0.25, 0.3) is 12.2 Å². The zero-order chi connectivity index (χ0) is 14.5. The molecule has 3 heterocycles. The first-order valence-electron chi connectivity index (χ1n) is 7.21. The highest BCUT2D eigenvalue weighted by atomic mass is 15.6.